The molecule has 1 aliphatic carbocycles. The number of rotatable bonds is 3. The van der Waals surface area contributed by atoms with Crippen LogP contribution in [0.4, 0.5) is 0 Å². The average Bonchev–Trinajstić information content (AvgIpc) is 2.68. The van der Waals surface area contributed by atoms with Crippen LogP contribution < -0.4 is 5.73 Å². The van der Waals surface area contributed by atoms with E-state index in [1.54, 1.807) is 0 Å². The third kappa shape index (κ3) is 1.60. The van der Waals surface area contributed by atoms with Crippen molar-refractivity contribution in [2.45, 2.75) is 25.8 Å². The van der Waals surface area contributed by atoms with Crippen LogP contribution in [0.3, 0.4) is 0 Å². The topological polar surface area (TPSA) is 54.7 Å². The Morgan fingerprint density at radius 2 is 2.45 bits per heavy atom. The van der Waals surface area contributed by atoms with Crippen molar-refractivity contribution in [1.82, 2.24) is 9.97 Å². The van der Waals surface area contributed by atoms with Crippen molar-refractivity contribution in [3.63, 3.8) is 0 Å². The van der Waals surface area contributed by atoms with Gasteiger partial charge in [0.2, 0.25) is 0 Å². The molecule has 1 fully saturated rings. The summed E-state index contributed by atoms with van der Waals surface area (Å²) in [5, 5.41) is 0. The highest BCUT2D eigenvalue weighted by molar-refractivity contribution is 5.03. The van der Waals surface area contributed by atoms with Gasteiger partial charge in [-0.1, -0.05) is 0 Å². The van der Waals surface area contributed by atoms with Crippen molar-refractivity contribution in [2.24, 2.45) is 11.7 Å². The zero-order chi connectivity index (χ0) is 7.68. The van der Waals surface area contributed by atoms with Gasteiger partial charge in [0.05, 0.1) is 6.54 Å². The standard InChI is InChI=1S/C8H13N3/c9-4-8-10-5-7(11-8)3-6-1-2-6/h5-6H,1-4,9H2,(H,10,11). The van der Waals surface area contributed by atoms with Crippen molar-refractivity contribution in [1.29, 1.82) is 0 Å². The number of aromatic amines is 1. The number of nitrogens with one attached hydrogen (secondary N) is 1. The molecule has 1 aromatic rings. The summed E-state index contributed by atoms with van der Waals surface area (Å²) in [6.45, 7) is 0.519. The smallest absolute Gasteiger partial charge is 0.120 e. The molecule has 11 heavy (non-hydrogen) atoms. The molecule has 0 atom stereocenters. The Morgan fingerprint density at radius 3 is 3.00 bits per heavy atom. The molecular formula is C8H13N3. The molecule has 0 aliphatic heterocycles. The molecule has 60 valence electrons. The molecule has 3 nitrogen and oxygen atoms in total. The van der Waals surface area contributed by atoms with E-state index in [9.17, 15) is 0 Å². The van der Waals surface area contributed by atoms with Crippen molar-refractivity contribution < 1.29 is 0 Å². The van der Waals surface area contributed by atoms with Crippen molar-refractivity contribution in [2.75, 3.05) is 0 Å². The van der Waals surface area contributed by atoms with Gasteiger partial charge in [0, 0.05) is 11.9 Å². The fraction of sp³-hybridized carbons (Fsp3) is 0.625. The van der Waals surface area contributed by atoms with E-state index in [-0.39, 0.29) is 0 Å². The Hall–Kier alpha value is -0.830. The minimum atomic E-state index is 0.519. The highest BCUT2D eigenvalue weighted by Gasteiger charge is 2.22. The predicted molar refractivity (Wildman–Crippen MR) is 42.9 cm³/mol. The number of hydrogen-bond donors (Lipinski definition) is 2. The van der Waals surface area contributed by atoms with Crippen LogP contribution in [-0.2, 0) is 13.0 Å². The van der Waals surface area contributed by atoms with Crippen LogP contribution >= 0.6 is 0 Å². The quantitative estimate of drug-likeness (QED) is 0.672. The average molecular weight is 151 g/mol. The van der Waals surface area contributed by atoms with Crippen LogP contribution in [0.1, 0.15) is 24.4 Å². The lowest BCUT2D eigenvalue weighted by Gasteiger charge is -1.91. The zero-order valence-corrected chi connectivity index (χ0v) is 6.51. The Kier molecular flexibility index (Phi) is 1.66. The Labute approximate surface area is 66.0 Å². The van der Waals surface area contributed by atoms with E-state index in [1.165, 1.54) is 18.5 Å². The molecule has 3 heteroatoms. The first-order valence-corrected chi connectivity index (χ1v) is 4.11. The van der Waals surface area contributed by atoms with Gasteiger partial charge in [-0.3, -0.25) is 0 Å². The predicted octanol–water partition coefficient (Wildman–Crippen LogP) is 0.821. The largest absolute Gasteiger partial charge is 0.345 e. The lowest BCUT2D eigenvalue weighted by molar-refractivity contribution is 0.803. The summed E-state index contributed by atoms with van der Waals surface area (Å²) in [6, 6.07) is 0. The molecule has 0 radical (unpaired) electrons. The van der Waals surface area contributed by atoms with Crippen LogP contribution in [0.15, 0.2) is 6.20 Å². The van der Waals surface area contributed by atoms with E-state index < -0.39 is 0 Å². The van der Waals surface area contributed by atoms with Crippen molar-refractivity contribution >= 4 is 0 Å². The number of nitrogens with zero attached hydrogens (tertiary/aromatic N) is 1. The van der Waals surface area contributed by atoms with E-state index in [4.69, 9.17) is 5.73 Å². The molecule has 1 saturated carbocycles. The maximum Gasteiger partial charge on any atom is 0.120 e. The molecule has 1 aliphatic rings. The van der Waals surface area contributed by atoms with E-state index in [1.807, 2.05) is 6.20 Å². The minimum Gasteiger partial charge on any atom is -0.345 e. The second-order valence-electron chi connectivity index (χ2n) is 3.21. The summed E-state index contributed by atoms with van der Waals surface area (Å²) in [7, 11) is 0. The molecule has 2 rings (SSSR count). The van der Waals surface area contributed by atoms with Crippen molar-refractivity contribution in [3.8, 4) is 0 Å². The SMILES string of the molecule is NCc1ncc(CC2CC2)[nH]1. The van der Waals surface area contributed by atoms with Gasteiger partial charge in [-0.2, -0.15) is 0 Å². The highest BCUT2D eigenvalue weighted by Crippen LogP contribution is 2.31. The molecule has 0 aromatic carbocycles. The summed E-state index contributed by atoms with van der Waals surface area (Å²) in [6.07, 6.45) is 5.83. The molecule has 0 amide bonds. The lowest BCUT2D eigenvalue weighted by atomic mass is 10.2. The lowest BCUT2D eigenvalue weighted by Crippen LogP contribution is -1.98. The van der Waals surface area contributed by atoms with E-state index in [0.717, 1.165) is 18.2 Å². The zero-order valence-electron chi connectivity index (χ0n) is 6.51. The first-order chi connectivity index (χ1) is 5.38. The number of H-pyrrole nitrogens is 1. The molecule has 0 saturated heterocycles. The van der Waals surface area contributed by atoms with E-state index >= 15 is 0 Å². The molecular weight excluding hydrogens is 138 g/mol. The molecule has 0 bridgehead atoms. The van der Waals surface area contributed by atoms with Crippen LogP contribution in [0.5, 0.6) is 0 Å². The van der Waals surface area contributed by atoms with E-state index in [2.05, 4.69) is 9.97 Å². The third-order valence-electron chi connectivity index (χ3n) is 2.08. The minimum absolute atomic E-state index is 0.519. The van der Waals surface area contributed by atoms with Gasteiger partial charge in [-0.05, 0) is 25.2 Å². The van der Waals surface area contributed by atoms with Gasteiger partial charge in [0.1, 0.15) is 5.82 Å². The number of nitrogens with two attached hydrogens (primary N) is 1. The van der Waals surface area contributed by atoms with Gasteiger partial charge < -0.3 is 10.7 Å². The molecule has 0 unspecified atom stereocenters. The van der Waals surface area contributed by atoms with Crippen LogP contribution in [0, 0.1) is 5.92 Å². The summed E-state index contributed by atoms with van der Waals surface area (Å²) in [5.41, 5.74) is 6.66. The normalized spacial score (nSPS) is 17.2. The van der Waals surface area contributed by atoms with Gasteiger partial charge >= 0.3 is 0 Å². The van der Waals surface area contributed by atoms with Gasteiger partial charge in [-0.15, -0.1) is 0 Å². The monoisotopic (exact) mass is 151 g/mol. The molecule has 3 N–H and O–H groups in total. The number of hydrogen-bond acceptors (Lipinski definition) is 2. The van der Waals surface area contributed by atoms with Gasteiger partial charge in [-0.25, -0.2) is 4.98 Å². The Balaban J connectivity index is 1.99. The fourth-order valence-electron chi connectivity index (χ4n) is 1.25. The van der Waals surface area contributed by atoms with Crippen LogP contribution in [0.25, 0.3) is 0 Å². The maximum absolute atomic E-state index is 5.42. The fourth-order valence-corrected chi connectivity index (χ4v) is 1.25. The van der Waals surface area contributed by atoms with E-state index in [0.29, 0.717) is 6.54 Å². The van der Waals surface area contributed by atoms with Gasteiger partial charge in [0.15, 0.2) is 0 Å². The maximum atomic E-state index is 5.42. The van der Waals surface area contributed by atoms with Gasteiger partial charge in [0.25, 0.3) is 0 Å². The highest BCUT2D eigenvalue weighted by atomic mass is 14.9. The molecule has 1 heterocycles. The summed E-state index contributed by atoms with van der Waals surface area (Å²) >= 11 is 0. The third-order valence-corrected chi connectivity index (χ3v) is 2.08. The summed E-state index contributed by atoms with van der Waals surface area (Å²) < 4.78 is 0. The number of imidazole rings is 1. The Morgan fingerprint density at radius 1 is 1.64 bits per heavy atom. The van der Waals surface area contributed by atoms with Crippen LogP contribution in [-0.4, -0.2) is 9.97 Å². The summed E-state index contributed by atoms with van der Waals surface area (Å²) in [4.78, 5) is 7.33. The summed E-state index contributed by atoms with van der Waals surface area (Å²) in [5.74, 6) is 1.82. The second kappa shape index (κ2) is 2.66. The second-order valence-corrected chi connectivity index (χ2v) is 3.21. The molecule has 0 spiro atoms. The number of aromatic nitrogens is 2. The van der Waals surface area contributed by atoms with Crippen LogP contribution in [0.2, 0.25) is 0 Å². The first-order valence-electron chi connectivity index (χ1n) is 4.11. The van der Waals surface area contributed by atoms with Crippen molar-refractivity contribution in [3.05, 3.63) is 17.7 Å². The first kappa shape index (κ1) is 6.85. The Bertz CT molecular complexity index is 237. The molecule has 1 aromatic heterocycles.